The van der Waals surface area contributed by atoms with Crippen LogP contribution in [0.25, 0.3) is 6.08 Å². The topological polar surface area (TPSA) is 109 Å². The largest absolute Gasteiger partial charge is 0.489 e. The van der Waals surface area contributed by atoms with Crippen molar-refractivity contribution in [3.8, 4) is 17.6 Å². The summed E-state index contributed by atoms with van der Waals surface area (Å²) in [5, 5.41) is 21.7. The Morgan fingerprint density at radius 1 is 0.850 bits per heavy atom. The van der Waals surface area contributed by atoms with Crippen molar-refractivity contribution in [2.75, 3.05) is 5.32 Å². The first-order chi connectivity index (χ1) is 19.3. The molecule has 0 radical (unpaired) electrons. The van der Waals surface area contributed by atoms with Crippen molar-refractivity contribution in [1.82, 2.24) is 0 Å². The molecule has 0 fully saturated rings. The number of carboxylic acids is 1. The molecule has 4 aromatic carbocycles. The van der Waals surface area contributed by atoms with E-state index in [-0.39, 0.29) is 33.5 Å². The summed E-state index contributed by atoms with van der Waals surface area (Å²) in [6, 6.07) is 27.7. The van der Waals surface area contributed by atoms with Gasteiger partial charge in [-0.05, 0) is 71.3 Å². The molecule has 4 aromatic rings. The Hall–Kier alpha value is -4.77. The molecule has 7 nitrogen and oxygen atoms in total. The van der Waals surface area contributed by atoms with Crippen LogP contribution in [0.3, 0.4) is 0 Å². The number of anilines is 1. The van der Waals surface area contributed by atoms with Crippen LogP contribution >= 0.6 is 23.2 Å². The fourth-order valence-corrected chi connectivity index (χ4v) is 4.20. The van der Waals surface area contributed by atoms with Crippen LogP contribution < -0.4 is 14.8 Å². The Labute approximate surface area is 240 Å². The fraction of sp³-hybridized carbons (Fsp3) is 0.0645. The molecule has 0 spiro atoms. The summed E-state index contributed by atoms with van der Waals surface area (Å²) in [7, 11) is 0. The average Bonchev–Trinajstić information content (AvgIpc) is 2.96. The number of hydrogen-bond acceptors (Lipinski definition) is 5. The number of carbonyl (C=O) groups is 2. The summed E-state index contributed by atoms with van der Waals surface area (Å²) in [5.74, 6) is -0.755. The number of ether oxygens (including phenoxy) is 2. The van der Waals surface area contributed by atoms with E-state index < -0.39 is 11.9 Å². The summed E-state index contributed by atoms with van der Waals surface area (Å²) < 4.78 is 11.5. The maximum atomic E-state index is 12.7. The molecule has 0 aliphatic heterocycles. The molecule has 0 aliphatic rings. The summed E-state index contributed by atoms with van der Waals surface area (Å²) in [6.07, 6.45) is 1.37. The lowest BCUT2D eigenvalue weighted by Crippen LogP contribution is -2.13. The zero-order chi connectivity index (χ0) is 28.5. The SMILES string of the molecule is N#C/C(=C\c1cc(Cl)c(OCc2ccc(C(=O)O)cc2)c(Cl)c1)C(=O)Nc1ccc(OCc2ccccc2)cc1. The number of nitrogens with zero attached hydrogens (tertiary/aromatic N) is 1. The number of carbonyl (C=O) groups excluding carboxylic acids is 1. The third-order valence-electron chi connectivity index (χ3n) is 5.64. The molecule has 0 saturated heterocycles. The highest BCUT2D eigenvalue weighted by Gasteiger charge is 2.14. The van der Waals surface area contributed by atoms with Gasteiger partial charge in [-0.2, -0.15) is 5.26 Å². The zero-order valence-corrected chi connectivity index (χ0v) is 22.4. The van der Waals surface area contributed by atoms with Crippen LogP contribution in [0.15, 0.2) is 96.6 Å². The van der Waals surface area contributed by atoms with Crippen molar-refractivity contribution in [2.24, 2.45) is 0 Å². The Morgan fingerprint density at radius 3 is 2.05 bits per heavy atom. The van der Waals surface area contributed by atoms with Crippen LogP contribution in [0.4, 0.5) is 5.69 Å². The number of nitrogens with one attached hydrogen (secondary N) is 1. The molecule has 0 heterocycles. The minimum atomic E-state index is -1.02. The molecule has 0 saturated carbocycles. The van der Waals surface area contributed by atoms with Crippen molar-refractivity contribution in [1.29, 1.82) is 5.26 Å². The van der Waals surface area contributed by atoms with Crippen molar-refractivity contribution in [3.63, 3.8) is 0 Å². The highest BCUT2D eigenvalue weighted by molar-refractivity contribution is 6.37. The van der Waals surface area contributed by atoms with Gasteiger partial charge in [0, 0.05) is 5.69 Å². The van der Waals surface area contributed by atoms with Gasteiger partial charge in [-0.25, -0.2) is 4.79 Å². The minimum absolute atomic E-state index is 0.108. The van der Waals surface area contributed by atoms with Crippen LogP contribution in [-0.4, -0.2) is 17.0 Å². The van der Waals surface area contributed by atoms with Crippen molar-refractivity contribution in [2.45, 2.75) is 13.2 Å². The minimum Gasteiger partial charge on any atom is -0.489 e. The number of hydrogen-bond donors (Lipinski definition) is 2. The molecule has 0 unspecified atom stereocenters. The van der Waals surface area contributed by atoms with Crippen LogP contribution in [-0.2, 0) is 18.0 Å². The number of nitriles is 1. The van der Waals surface area contributed by atoms with Crippen LogP contribution in [0.1, 0.15) is 27.0 Å². The summed E-state index contributed by atoms with van der Waals surface area (Å²) in [4.78, 5) is 23.7. The molecule has 200 valence electrons. The number of carboxylic acid groups (broad SMARTS) is 1. The first-order valence-electron chi connectivity index (χ1n) is 12.0. The lowest BCUT2D eigenvalue weighted by Gasteiger charge is -2.11. The summed E-state index contributed by atoms with van der Waals surface area (Å²) >= 11 is 12.7. The molecule has 0 atom stereocenters. The molecule has 1 amide bonds. The van der Waals surface area contributed by atoms with E-state index in [1.807, 2.05) is 36.4 Å². The number of benzene rings is 4. The maximum absolute atomic E-state index is 12.7. The summed E-state index contributed by atoms with van der Waals surface area (Å²) in [5.41, 5.74) is 2.71. The van der Waals surface area contributed by atoms with E-state index in [1.165, 1.54) is 30.3 Å². The van der Waals surface area contributed by atoms with Crippen molar-refractivity contribution < 1.29 is 24.2 Å². The normalized spacial score (nSPS) is 10.9. The standard InChI is InChI=1S/C31H22Cl2N2O5/c32-27-15-22(16-28(33)29(27)40-19-21-6-8-23(9-7-21)31(37)38)14-24(17-34)30(36)35-25-10-12-26(13-11-25)39-18-20-4-2-1-3-5-20/h1-16H,18-19H2,(H,35,36)(H,37,38)/b24-14+. The molecule has 4 rings (SSSR count). The Balaban J connectivity index is 1.38. The van der Waals surface area contributed by atoms with E-state index >= 15 is 0 Å². The van der Waals surface area contributed by atoms with Gasteiger partial charge in [0.2, 0.25) is 0 Å². The van der Waals surface area contributed by atoms with Crippen LogP contribution in [0, 0.1) is 11.3 Å². The van der Waals surface area contributed by atoms with Gasteiger partial charge in [-0.1, -0.05) is 65.7 Å². The Bertz CT molecular complexity index is 1560. The van der Waals surface area contributed by atoms with Crippen LogP contribution in [0.2, 0.25) is 10.0 Å². The van der Waals surface area contributed by atoms with E-state index in [1.54, 1.807) is 36.4 Å². The molecule has 0 bridgehead atoms. The fourth-order valence-electron chi connectivity index (χ4n) is 3.59. The average molecular weight is 573 g/mol. The molecular formula is C31H22Cl2N2O5. The van der Waals surface area contributed by atoms with Crippen molar-refractivity contribution >= 4 is 46.8 Å². The van der Waals surface area contributed by atoms with E-state index in [2.05, 4.69) is 5.32 Å². The van der Waals surface area contributed by atoms with E-state index in [0.717, 1.165) is 11.1 Å². The summed E-state index contributed by atoms with van der Waals surface area (Å²) in [6.45, 7) is 0.527. The molecule has 0 aromatic heterocycles. The Kier molecular flexibility index (Phi) is 9.42. The van der Waals surface area contributed by atoms with Gasteiger partial charge in [0.05, 0.1) is 15.6 Å². The molecule has 9 heteroatoms. The van der Waals surface area contributed by atoms with E-state index in [0.29, 0.717) is 23.6 Å². The monoisotopic (exact) mass is 572 g/mol. The molecular weight excluding hydrogens is 551 g/mol. The predicted octanol–water partition coefficient (Wildman–Crippen LogP) is 7.40. The second-order valence-corrected chi connectivity index (χ2v) is 9.34. The first kappa shape index (κ1) is 28.2. The van der Waals surface area contributed by atoms with Gasteiger partial charge in [0.25, 0.3) is 5.91 Å². The molecule has 0 aliphatic carbocycles. The highest BCUT2D eigenvalue weighted by atomic mass is 35.5. The molecule has 40 heavy (non-hydrogen) atoms. The highest BCUT2D eigenvalue weighted by Crippen LogP contribution is 2.35. The number of halogens is 2. The second-order valence-electron chi connectivity index (χ2n) is 8.53. The number of aromatic carboxylic acids is 1. The van der Waals surface area contributed by atoms with Gasteiger partial charge in [-0.3, -0.25) is 4.79 Å². The third-order valence-corrected chi connectivity index (χ3v) is 6.20. The first-order valence-corrected chi connectivity index (χ1v) is 12.7. The lowest BCUT2D eigenvalue weighted by atomic mass is 10.1. The van der Waals surface area contributed by atoms with Gasteiger partial charge in [0.15, 0.2) is 5.75 Å². The lowest BCUT2D eigenvalue weighted by molar-refractivity contribution is -0.112. The number of rotatable bonds is 10. The zero-order valence-electron chi connectivity index (χ0n) is 20.9. The van der Waals surface area contributed by atoms with Gasteiger partial charge < -0.3 is 19.9 Å². The third kappa shape index (κ3) is 7.64. The smallest absolute Gasteiger partial charge is 0.335 e. The van der Waals surface area contributed by atoms with E-state index in [4.69, 9.17) is 37.8 Å². The van der Waals surface area contributed by atoms with Gasteiger partial charge in [0.1, 0.15) is 30.6 Å². The Morgan fingerprint density at radius 2 is 1.45 bits per heavy atom. The van der Waals surface area contributed by atoms with Gasteiger partial charge >= 0.3 is 5.97 Å². The van der Waals surface area contributed by atoms with Crippen molar-refractivity contribution in [3.05, 3.63) is 129 Å². The molecule has 2 N–H and O–H groups in total. The predicted molar refractivity (Wildman–Crippen MR) is 154 cm³/mol. The second kappa shape index (κ2) is 13.3. The number of amides is 1. The van der Waals surface area contributed by atoms with Gasteiger partial charge in [-0.15, -0.1) is 0 Å². The quantitative estimate of drug-likeness (QED) is 0.151. The van der Waals surface area contributed by atoms with E-state index in [9.17, 15) is 14.9 Å². The van der Waals surface area contributed by atoms with Crippen LogP contribution in [0.5, 0.6) is 11.5 Å². The maximum Gasteiger partial charge on any atom is 0.335 e.